The summed E-state index contributed by atoms with van der Waals surface area (Å²) >= 11 is 1.89. The van der Waals surface area contributed by atoms with Gasteiger partial charge in [0.15, 0.2) is 0 Å². The maximum Gasteiger partial charge on any atom is 0.329 e. The van der Waals surface area contributed by atoms with Crippen molar-refractivity contribution in [3.05, 3.63) is 27.6 Å². The number of aliphatic carboxylic acids is 1. The highest BCUT2D eigenvalue weighted by Crippen LogP contribution is 2.22. The van der Waals surface area contributed by atoms with Gasteiger partial charge in [-0.1, -0.05) is 0 Å². The standard InChI is InChI=1S/C13H14FIN2O4/c14-8-1-2-10(9(15)7-8)16-12(20)17-13(11(18)19)3-5-21-6-4-13/h1-2,7H,3-6H2,(H,18,19)(H2,16,17,20). The minimum Gasteiger partial charge on any atom is -0.480 e. The van der Waals surface area contributed by atoms with Crippen LogP contribution in [0.15, 0.2) is 18.2 Å². The van der Waals surface area contributed by atoms with E-state index < -0.39 is 23.4 Å². The first-order valence-electron chi connectivity index (χ1n) is 6.28. The van der Waals surface area contributed by atoms with Crippen molar-refractivity contribution in [3.8, 4) is 0 Å². The lowest BCUT2D eigenvalue weighted by atomic mass is 9.90. The van der Waals surface area contributed by atoms with Crippen molar-refractivity contribution >= 4 is 40.3 Å². The van der Waals surface area contributed by atoms with Crippen LogP contribution in [-0.2, 0) is 9.53 Å². The van der Waals surface area contributed by atoms with Gasteiger partial charge in [-0.3, -0.25) is 0 Å². The number of rotatable bonds is 3. The van der Waals surface area contributed by atoms with Crippen LogP contribution in [0.5, 0.6) is 0 Å². The molecule has 114 valence electrons. The Morgan fingerprint density at radius 2 is 2.00 bits per heavy atom. The molecule has 6 nitrogen and oxygen atoms in total. The molecule has 0 unspecified atom stereocenters. The Morgan fingerprint density at radius 1 is 1.33 bits per heavy atom. The van der Waals surface area contributed by atoms with Gasteiger partial charge >= 0.3 is 12.0 Å². The van der Waals surface area contributed by atoms with Gasteiger partial charge in [-0.05, 0) is 40.8 Å². The Balaban J connectivity index is 2.07. The predicted octanol–water partition coefficient (Wildman–Crippen LogP) is 2.19. The summed E-state index contributed by atoms with van der Waals surface area (Å²) in [6.45, 7) is 0.557. The van der Waals surface area contributed by atoms with Crippen LogP contribution in [-0.4, -0.2) is 35.9 Å². The van der Waals surface area contributed by atoms with Crippen LogP contribution >= 0.6 is 22.6 Å². The number of amides is 2. The summed E-state index contributed by atoms with van der Waals surface area (Å²) in [5, 5.41) is 14.4. The van der Waals surface area contributed by atoms with Gasteiger partial charge in [0, 0.05) is 29.6 Å². The minimum atomic E-state index is -1.33. The fourth-order valence-electron chi connectivity index (χ4n) is 2.07. The van der Waals surface area contributed by atoms with E-state index in [1.54, 1.807) is 0 Å². The van der Waals surface area contributed by atoms with Crippen molar-refractivity contribution in [2.45, 2.75) is 18.4 Å². The number of urea groups is 1. The molecule has 0 aromatic heterocycles. The van der Waals surface area contributed by atoms with Crippen LogP contribution in [0.4, 0.5) is 14.9 Å². The van der Waals surface area contributed by atoms with E-state index in [4.69, 9.17) is 4.74 Å². The monoisotopic (exact) mass is 408 g/mol. The zero-order valence-corrected chi connectivity index (χ0v) is 13.1. The number of carboxylic acid groups (broad SMARTS) is 1. The van der Waals surface area contributed by atoms with E-state index in [1.165, 1.54) is 18.2 Å². The molecule has 1 aliphatic rings. The van der Waals surface area contributed by atoms with Crippen LogP contribution in [0.2, 0.25) is 0 Å². The average molecular weight is 408 g/mol. The molecule has 1 saturated heterocycles. The zero-order chi connectivity index (χ0) is 15.5. The molecular formula is C13H14FIN2O4. The highest BCUT2D eigenvalue weighted by Gasteiger charge is 2.41. The van der Waals surface area contributed by atoms with E-state index in [-0.39, 0.29) is 26.1 Å². The summed E-state index contributed by atoms with van der Waals surface area (Å²) in [6, 6.07) is 3.29. The molecule has 0 atom stereocenters. The van der Waals surface area contributed by atoms with E-state index in [0.29, 0.717) is 9.26 Å². The molecule has 1 aromatic carbocycles. The van der Waals surface area contributed by atoms with Crippen LogP contribution in [0.1, 0.15) is 12.8 Å². The molecule has 21 heavy (non-hydrogen) atoms. The molecule has 3 N–H and O–H groups in total. The Labute approximate surface area is 134 Å². The third kappa shape index (κ3) is 3.82. The molecule has 0 aliphatic carbocycles. The van der Waals surface area contributed by atoms with Gasteiger partial charge in [0.2, 0.25) is 0 Å². The molecule has 0 saturated carbocycles. The molecule has 2 rings (SSSR count). The molecule has 2 amide bonds. The van der Waals surface area contributed by atoms with Crippen molar-refractivity contribution in [3.63, 3.8) is 0 Å². The lowest BCUT2D eigenvalue weighted by molar-refractivity contribution is -0.148. The number of benzene rings is 1. The summed E-state index contributed by atoms with van der Waals surface area (Å²) in [6.07, 6.45) is 0.409. The molecule has 0 bridgehead atoms. The van der Waals surface area contributed by atoms with Gasteiger partial charge < -0.3 is 20.5 Å². The largest absolute Gasteiger partial charge is 0.480 e. The van der Waals surface area contributed by atoms with Gasteiger partial charge in [-0.15, -0.1) is 0 Å². The van der Waals surface area contributed by atoms with Crippen LogP contribution in [0.3, 0.4) is 0 Å². The smallest absolute Gasteiger partial charge is 0.329 e. The number of carboxylic acids is 1. The minimum absolute atomic E-state index is 0.205. The first-order chi connectivity index (χ1) is 9.93. The number of carbonyl (C=O) groups is 2. The van der Waals surface area contributed by atoms with Crippen molar-refractivity contribution in [2.75, 3.05) is 18.5 Å². The third-order valence-corrected chi connectivity index (χ3v) is 4.18. The number of nitrogens with one attached hydrogen (secondary N) is 2. The van der Waals surface area contributed by atoms with Crippen LogP contribution < -0.4 is 10.6 Å². The molecule has 0 radical (unpaired) electrons. The fraction of sp³-hybridized carbons (Fsp3) is 0.385. The molecular weight excluding hydrogens is 394 g/mol. The number of hydrogen-bond donors (Lipinski definition) is 3. The highest BCUT2D eigenvalue weighted by atomic mass is 127. The summed E-state index contributed by atoms with van der Waals surface area (Å²) in [5.74, 6) is -1.49. The van der Waals surface area contributed by atoms with E-state index in [0.717, 1.165) is 0 Å². The first kappa shape index (κ1) is 16.0. The Hall–Kier alpha value is -1.42. The van der Waals surface area contributed by atoms with Gasteiger partial charge in [0.25, 0.3) is 0 Å². The normalized spacial score (nSPS) is 17.0. The summed E-state index contributed by atoms with van der Waals surface area (Å²) in [5.41, 5.74) is -0.907. The zero-order valence-electron chi connectivity index (χ0n) is 11.0. The number of anilines is 1. The fourth-order valence-corrected chi connectivity index (χ4v) is 2.69. The van der Waals surface area contributed by atoms with Crippen molar-refractivity contribution in [1.29, 1.82) is 0 Å². The number of halogens is 2. The van der Waals surface area contributed by atoms with Gasteiger partial charge in [0.1, 0.15) is 11.4 Å². The van der Waals surface area contributed by atoms with E-state index in [9.17, 15) is 19.1 Å². The van der Waals surface area contributed by atoms with Gasteiger partial charge in [0.05, 0.1) is 5.69 Å². The highest BCUT2D eigenvalue weighted by molar-refractivity contribution is 14.1. The number of hydrogen-bond acceptors (Lipinski definition) is 3. The average Bonchev–Trinajstić information content (AvgIpc) is 2.43. The quantitative estimate of drug-likeness (QED) is 0.670. The van der Waals surface area contributed by atoms with Crippen molar-refractivity contribution in [1.82, 2.24) is 5.32 Å². The van der Waals surface area contributed by atoms with Crippen molar-refractivity contribution < 1.29 is 23.8 Å². The summed E-state index contributed by atoms with van der Waals surface area (Å²) in [4.78, 5) is 23.4. The molecule has 0 spiro atoms. The number of carbonyl (C=O) groups excluding carboxylic acids is 1. The predicted molar refractivity (Wildman–Crippen MR) is 81.7 cm³/mol. The maximum absolute atomic E-state index is 13.0. The molecule has 1 fully saturated rings. The molecule has 1 heterocycles. The van der Waals surface area contributed by atoms with E-state index >= 15 is 0 Å². The van der Waals surface area contributed by atoms with Crippen LogP contribution in [0.25, 0.3) is 0 Å². The lowest BCUT2D eigenvalue weighted by Crippen LogP contribution is -2.58. The number of ether oxygens (including phenoxy) is 1. The second-order valence-electron chi connectivity index (χ2n) is 4.70. The second-order valence-corrected chi connectivity index (χ2v) is 5.87. The van der Waals surface area contributed by atoms with Crippen molar-refractivity contribution in [2.24, 2.45) is 0 Å². The summed E-state index contributed by atoms with van der Waals surface area (Å²) in [7, 11) is 0. The lowest BCUT2D eigenvalue weighted by Gasteiger charge is -2.33. The van der Waals surface area contributed by atoms with Gasteiger partial charge in [-0.25, -0.2) is 14.0 Å². The summed E-state index contributed by atoms with van der Waals surface area (Å²) < 4.78 is 18.7. The SMILES string of the molecule is O=C(Nc1ccc(F)cc1I)NC1(C(=O)O)CCOCC1. The molecule has 1 aromatic rings. The maximum atomic E-state index is 13.0. The Bertz CT molecular complexity index is 561. The topological polar surface area (TPSA) is 87.7 Å². The van der Waals surface area contributed by atoms with E-state index in [2.05, 4.69) is 10.6 Å². The first-order valence-corrected chi connectivity index (χ1v) is 7.36. The Kier molecular flexibility index (Phi) is 4.99. The van der Waals surface area contributed by atoms with Gasteiger partial charge in [-0.2, -0.15) is 0 Å². The van der Waals surface area contributed by atoms with E-state index in [1.807, 2.05) is 22.6 Å². The second kappa shape index (κ2) is 6.56. The Morgan fingerprint density at radius 3 is 2.57 bits per heavy atom. The molecule has 8 heteroatoms. The molecule has 1 aliphatic heterocycles. The van der Waals surface area contributed by atoms with Crippen LogP contribution in [0, 0.1) is 9.39 Å². The third-order valence-electron chi connectivity index (χ3n) is 3.29.